The van der Waals surface area contributed by atoms with E-state index in [-0.39, 0.29) is 15.6 Å². The van der Waals surface area contributed by atoms with Crippen LogP contribution < -0.4 is 16.2 Å². The molecule has 0 bridgehead atoms. The first-order valence-corrected chi connectivity index (χ1v) is 8.29. The number of carbonyl (C=O) groups is 3. The van der Waals surface area contributed by atoms with Crippen molar-refractivity contribution in [1.82, 2.24) is 10.9 Å². The average Bonchev–Trinajstić information content (AvgIpc) is 2.64. The van der Waals surface area contributed by atoms with Crippen molar-refractivity contribution >= 4 is 46.6 Å². The van der Waals surface area contributed by atoms with Crippen molar-refractivity contribution in [1.29, 1.82) is 0 Å². The molecule has 0 saturated heterocycles. The van der Waals surface area contributed by atoms with Crippen LogP contribution in [0.2, 0.25) is 10.0 Å². The van der Waals surface area contributed by atoms with Gasteiger partial charge < -0.3 is 10.1 Å². The fourth-order valence-corrected chi connectivity index (χ4v) is 2.21. The van der Waals surface area contributed by atoms with Gasteiger partial charge in [-0.1, -0.05) is 29.3 Å². The fourth-order valence-electron chi connectivity index (χ4n) is 1.86. The Bertz CT molecular complexity index is 847. The highest BCUT2D eigenvalue weighted by atomic mass is 35.5. The molecule has 7 nitrogen and oxygen atoms in total. The minimum atomic E-state index is -0.681. The highest BCUT2D eigenvalue weighted by Gasteiger charge is 2.11. The molecule has 3 amide bonds. The molecule has 0 fully saturated rings. The van der Waals surface area contributed by atoms with Crippen molar-refractivity contribution in [2.45, 2.75) is 0 Å². The van der Waals surface area contributed by atoms with Crippen LogP contribution in [0.5, 0.6) is 0 Å². The van der Waals surface area contributed by atoms with Gasteiger partial charge in [0.05, 0.1) is 15.7 Å². The largest absolute Gasteiger partial charge is 0.362 e. The monoisotopic (exact) mass is 413 g/mol. The number of halogens is 3. The van der Waals surface area contributed by atoms with Crippen LogP contribution >= 0.6 is 23.2 Å². The van der Waals surface area contributed by atoms with Gasteiger partial charge in [-0.25, -0.2) is 4.39 Å². The van der Waals surface area contributed by atoms with Crippen LogP contribution in [0.1, 0.15) is 10.4 Å². The SMILES string of the molecule is O=C(COCC(=O)Nc1cccc(Cl)c1Cl)NNC(=O)c1ccc(F)cc1. The number of benzene rings is 2. The van der Waals surface area contributed by atoms with Crippen molar-refractivity contribution < 1.29 is 23.5 Å². The minimum Gasteiger partial charge on any atom is -0.362 e. The predicted octanol–water partition coefficient (Wildman–Crippen LogP) is 2.55. The molecule has 2 rings (SSSR count). The van der Waals surface area contributed by atoms with Gasteiger partial charge in [0.25, 0.3) is 11.8 Å². The van der Waals surface area contributed by atoms with Crippen molar-refractivity contribution in [3.8, 4) is 0 Å². The second-order valence-corrected chi connectivity index (χ2v) is 5.94. The summed E-state index contributed by atoms with van der Waals surface area (Å²) in [4.78, 5) is 35.1. The third-order valence-electron chi connectivity index (χ3n) is 3.11. The van der Waals surface area contributed by atoms with Gasteiger partial charge in [0, 0.05) is 5.56 Å². The Balaban J connectivity index is 1.69. The normalized spacial score (nSPS) is 10.2. The van der Waals surface area contributed by atoms with Crippen molar-refractivity contribution in [3.63, 3.8) is 0 Å². The Kier molecular flexibility index (Phi) is 7.54. The Morgan fingerprint density at radius 2 is 1.59 bits per heavy atom. The lowest BCUT2D eigenvalue weighted by atomic mass is 10.2. The van der Waals surface area contributed by atoms with Crippen LogP contribution in [0.3, 0.4) is 0 Å². The zero-order chi connectivity index (χ0) is 19.8. The lowest BCUT2D eigenvalue weighted by Crippen LogP contribution is -2.43. The zero-order valence-electron chi connectivity index (χ0n) is 13.7. The topological polar surface area (TPSA) is 96.5 Å². The van der Waals surface area contributed by atoms with Crippen LogP contribution in [0.15, 0.2) is 42.5 Å². The van der Waals surface area contributed by atoms with Gasteiger partial charge in [-0.15, -0.1) is 0 Å². The number of nitrogens with one attached hydrogen (secondary N) is 3. The summed E-state index contributed by atoms with van der Waals surface area (Å²) in [6.45, 7) is -0.886. The summed E-state index contributed by atoms with van der Waals surface area (Å²) in [5.74, 6) is -2.33. The number of hydrazine groups is 1. The molecule has 0 atom stereocenters. The van der Waals surface area contributed by atoms with E-state index in [0.29, 0.717) is 5.69 Å². The summed E-state index contributed by atoms with van der Waals surface area (Å²) in [6.07, 6.45) is 0. The van der Waals surface area contributed by atoms with Crippen LogP contribution in [-0.4, -0.2) is 30.9 Å². The van der Waals surface area contributed by atoms with Crippen LogP contribution in [-0.2, 0) is 14.3 Å². The summed E-state index contributed by atoms with van der Waals surface area (Å²) in [5, 5.41) is 2.96. The molecular formula is C17H14Cl2FN3O4. The second-order valence-electron chi connectivity index (χ2n) is 5.15. The van der Waals surface area contributed by atoms with Crippen LogP contribution in [0.4, 0.5) is 10.1 Å². The van der Waals surface area contributed by atoms with E-state index in [2.05, 4.69) is 16.2 Å². The summed E-state index contributed by atoms with van der Waals surface area (Å²) in [5.41, 5.74) is 4.72. The Morgan fingerprint density at radius 1 is 0.926 bits per heavy atom. The lowest BCUT2D eigenvalue weighted by Gasteiger charge is -2.09. The zero-order valence-corrected chi connectivity index (χ0v) is 15.2. The number of rotatable bonds is 6. The highest BCUT2D eigenvalue weighted by molar-refractivity contribution is 6.44. The van der Waals surface area contributed by atoms with E-state index in [4.69, 9.17) is 27.9 Å². The molecule has 10 heteroatoms. The van der Waals surface area contributed by atoms with Gasteiger partial charge in [-0.3, -0.25) is 25.2 Å². The maximum Gasteiger partial charge on any atom is 0.269 e. The number of anilines is 1. The number of amides is 3. The molecule has 0 spiro atoms. The summed E-state index contributed by atoms with van der Waals surface area (Å²) < 4.78 is 17.7. The number of hydrogen-bond donors (Lipinski definition) is 3. The van der Waals surface area contributed by atoms with Gasteiger partial charge in [-0.05, 0) is 36.4 Å². The predicted molar refractivity (Wildman–Crippen MR) is 97.9 cm³/mol. The van der Waals surface area contributed by atoms with Crippen molar-refractivity contribution in [2.75, 3.05) is 18.5 Å². The van der Waals surface area contributed by atoms with Gasteiger partial charge >= 0.3 is 0 Å². The quantitative estimate of drug-likeness (QED) is 0.633. The van der Waals surface area contributed by atoms with Gasteiger partial charge in [0.2, 0.25) is 5.91 Å². The molecule has 0 heterocycles. The highest BCUT2D eigenvalue weighted by Crippen LogP contribution is 2.29. The maximum atomic E-state index is 12.8. The van der Waals surface area contributed by atoms with E-state index < -0.39 is 36.8 Å². The molecule has 0 saturated carbocycles. The third kappa shape index (κ3) is 6.52. The number of hydrogen-bond acceptors (Lipinski definition) is 4. The fraction of sp³-hybridized carbons (Fsp3) is 0.118. The van der Waals surface area contributed by atoms with Gasteiger partial charge in [0.1, 0.15) is 19.0 Å². The molecule has 0 aliphatic heterocycles. The maximum absolute atomic E-state index is 12.8. The van der Waals surface area contributed by atoms with E-state index in [1.54, 1.807) is 18.2 Å². The molecule has 0 aliphatic rings. The summed E-state index contributed by atoms with van der Waals surface area (Å²) >= 11 is 11.8. The average molecular weight is 414 g/mol. The van der Waals surface area contributed by atoms with E-state index in [0.717, 1.165) is 12.1 Å². The van der Waals surface area contributed by atoms with E-state index in [1.165, 1.54) is 12.1 Å². The molecule has 3 N–H and O–H groups in total. The molecule has 0 aromatic heterocycles. The van der Waals surface area contributed by atoms with E-state index in [9.17, 15) is 18.8 Å². The van der Waals surface area contributed by atoms with Gasteiger partial charge in [0.15, 0.2) is 0 Å². The molecule has 0 unspecified atom stereocenters. The Morgan fingerprint density at radius 3 is 2.30 bits per heavy atom. The lowest BCUT2D eigenvalue weighted by molar-refractivity contribution is -0.129. The standard InChI is InChI=1S/C17H14Cl2FN3O4/c18-12-2-1-3-13(16(12)19)21-14(24)8-27-9-15(25)22-23-17(26)10-4-6-11(20)7-5-10/h1-7H,8-9H2,(H,21,24)(H,22,25)(H,23,26). The first kappa shape index (κ1) is 20.6. The number of ether oxygens (including phenoxy) is 1. The van der Waals surface area contributed by atoms with Gasteiger partial charge in [-0.2, -0.15) is 0 Å². The molecule has 27 heavy (non-hydrogen) atoms. The van der Waals surface area contributed by atoms with Crippen LogP contribution in [0, 0.1) is 5.82 Å². The molecule has 2 aromatic carbocycles. The first-order chi connectivity index (χ1) is 12.9. The smallest absolute Gasteiger partial charge is 0.269 e. The first-order valence-electron chi connectivity index (χ1n) is 7.53. The summed E-state index contributed by atoms with van der Waals surface area (Å²) in [6, 6.07) is 9.50. The minimum absolute atomic E-state index is 0.162. The molecule has 2 aromatic rings. The van der Waals surface area contributed by atoms with Crippen LogP contribution in [0.25, 0.3) is 0 Å². The Labute approximate surface area is 163 Å². The third-order valence-corrected chi connectivity index (χ3v) is 3.93. The van der Waals surface area contributed by atoms with E-state index in [1.807, 2.05) is 0 Å². The summed E-state index contributed by atoms with van der Waals surface area (Å²) in [7, 11) is 0. The van der Waals surface area contributed by atoms with E-state index >= 15 is 0 Å². The molecule has 142 valence electrons. The second kappa shape index (κ2) is 9.86. The van der Waals surface area contributed by atoms with Crippen molar-refractivity contribution in [2.24, 2.45) is 0 Å². The van der Waals surface area contributed by atoms with Crippen molar-refractivity contribution in [3.05, 3.63) is 63.9 Å². The Hall–Kier alpha value is -2.68. The number of carbonyl (C=O) groups excluding carboxylic acids is 3. The molecule has 0 aliphatic carbocycles. The molecular weight excluding hydrogens is 400 g/mol. The molecule has 0 radical (unpaired) electrons.